The molecule has 0 unspecified atom stereocenters. The van der Waals surface area contributed by atoms with Gasteiger partial charge in [0.05, 0.1) is 17.6 Å². The van der Waals surface area contributed by atoms with Crippen LogP contribution in [0.1, 0.15) is 18.3 Å². The standard InChI is InChI=1S/C9H10ClN3/c1-3-7-4-8-9(10)11-6(2)5-13(8)12-7/h4-5H,3H2,1-2H3. The van der Waals surface area contributed by atoms with Gasteiger partial charge in [-0.25, -0.2) is 9.50 Å². The molecule has 0 fully saturated rings. The minimum atomic E-state index is 0.521. The average molecular weight is 196 g/mol. The van der Waals surface area contributed by atoms with Gasteiger partial charge in [-0.15, -0.1) is 0 Å². The van der Waals surface area contributed by atoms with Gasteiger partial charge in [0.15, 0.2) is 5.15 Å². The van der Waals surface area contributed by atoms with Crippen molar-refractivity contribution in [3.63, 3.8) is 0 Å². The molecule has 0 atom stereocenters. The van der Waals surface area contributed by atoms with Gasteiger partial charge in [-0.1, -0.05) is 18.5 Å². The molecule has 0 saturated carbocycles. The lowest BCUT2D eigenvalue weighted by atomic mass is 10.3. The van der Waals surface area contributed by atoms with E-state index in [1.54, 1.807) is 4.52 Å². The van der Waals surface area contributed by atoms with E-state index in [9.17, 15) is 0 Å². The lowest BCUT2D eigenvalue weighted by Gasteiger charge is -1.96. The highest BCUT2D eigenvalue weighted by atomic mass is 35.5. The largest absolute Gasteiger partial charge is 0.238 e. The van der Waals surface area contributed by atoms with Crippen LogP contribution < -0.4 is 0 Å². The Morgan fingerprint density at radius 1 is 1.54 bits per heavy atom. The van der Waals surface area contributed by atoms with Crippen molar-refractivity contribution in [1.29, 1.82) is 0 Å². The fourth-order valence-electron chi connectivity index (χ4n) is 1.29. The molecule has 0 spiro atoms. The van der Waals surface area contributed by atoms with Crippen LogP contribution in [0.5, 0.6) is 0 Å². The summed E-state index contributed by atoms with van der Waals surface area (Å²) in [6, 6.07) is 1.97. The van der Waals surface area contributed by atoms with E-state index in [1.165, 1.54) is 0 Å². The summed E-state index contributed by atoms with van der Waals surface area (Å²) >= 11 is 5.96. The molecule has 68 valence electrons. The molecule has 0 aliphatic rings. The predicted molar refractivity (Wildman–Crippen MR) is 52.1 cm³/mol. The molecule has 0 N–H and O–H groups in total. The van der Waals surface area contributed by atoms with E-state index in [1.807, 2.05) is 19.2 Å². The molecule has 2 aromatic rings. The number of fused-ring (bicyclic) bond motifs is 1. The van der Waals surface area contributed by atoms with Crippen LogP contribution in [-0.4, -0.2) is 14.6 Å². The van der Waals surface area contributed by atoms with Crippen LogP contribution >= 0.6 is 11.6 Å². The van der Waals surface area contributed by atoms with Crippen molar-refractivity contribution in [1.82, 2.24) is 14.6 Å². The van der Waals surface area contributed by atoms with E-state index in [2.05, 4.69) is 17.0 Å². The van der Waals surface area contributed by atoms with Gasteiger partial charge in [-0.2, -0.15) is 5.10 Å². The summed E-state index contributed by atoms with van der Waals surface area (Å²) in [6.45, 7) is 3.97. The van der Waals surface area contributed by atoms with Crippen molar-refractivity contribution < 1.29 is 0 Å². The lowest BCUT2D eigenvalue weighted by Crippen LogP contribution is -1.92. The quantitative estimate of drug-likeness (QED) is 0.699. The number of aryl methyl sites for hydroxylation is 2. The normalized spacial score (nSPS) is 11.0. The summed E-state index contributed by atoms with van der Waals surface area (Å²) in [4.78, 5) is 4.15. The highest BCUT2D eigenvalue weighted by Crippen LogP contribution is 2.16. The SMILES string of the molecule is CCc1cc2c(Cl)nc(C)cn2n1. The second kappa shape index (κ2) is 3.00. The zero-order valence-electron chi connectivity index (χ0n) is 7.58. The zero-order chi connectivity index (χ0) is 9.42. The molecular formula is C9H10ClN3. The van der Waals surface area contributed by atoms with E-state index in [-0.39, 0.29) is 0 Å². The van der Waals surface area contributed by atoms with Crippen LogP contribution in [0.2, 0.25) is 5.15 Å². The molecule has 0 bridgehead atoms. The van der Waals surface area contributed by atoms with Crippen molar-refractivity contribution in [3.8, 4) is 0 Å². The summed E-state index contributed by atoms with van der Waals surface area (Å²) in [5.74, 6) is 0. The Bertz CT molecular complexity index is 447. The van der Waals surface area contributed by atoms with E-state index < -0.39 is 0 Å². The third-order valence-corrected chi connectivity index (χ3v) is 2.22. The number of aromatic nitrogens is 3. The molecule has 2 rings (SSSR count). The van der Waals surface area contributed by atoms with Gasteiger partial charge in [0.25, 0.3) is 0 Å². The first kappa shape index (κ1) is 8.51. The molecule has 13 heavy (non-hydrogen) atoms. The molecule has 4 heteroatoms. The molecule has 2 aromatic heterocycles. The zero-order valence-corrected chi connectivity index (χ0v) is 8.34. The van der Waals surface area contributed by atoms with Crippen LogP contribution in [0.4, 0.5) is 0 Å². The van der Waals surface area contributed by atoms with Gasteiger partial charge in [0.2, 0.25) is 0 Å². The van der Waals surface area contributed by atoms with Crippen molar-refractivity contribution >= 4 is 17.1 Å². The van der Waals surface area contributed by atoms with E-state index in [0.29, 0.717) is 5.15 Å². The molecule has 0 saturated heterocycles. The summed E-state index contributed by atoms with van der Waals surface area (Å²) in [7, 11) is 0. The van der Waals surface area contributed by atoms with Crippen molar-refractivity contribution in [2.45, 2.75) is 20.3 Å². The van der Waals surface area contributed by atoms with Gasteiger partial charge >= 0.3 is 0 Å². The molecular weight excluding hydrogens is 186 g/mol. The molecule has 0 aromatic carbocycles. The Labute approximate surface area is 81.4 Å². The van der Waals surface area contributed by atoms with E-state index >= 15 is 0 Å². The monoisotopic (exact) mass is 195 g/mol. The van der Waals surface area contributed by atoms with Gasteiger partial charge < -0.3 is 0 Å². The number of rotatable bonds is 1. The van der Waals surface area contributed by atoms with Crippen LogP contribution in [0.15, 0.2) is 12.3 Å². The van der Waals surface area contributed by atoms with Crippen LogP contribution in [0, 0.1) is 6.92 Å². The Hall–Kier alpha value is -1.09. The maximum absolute atomic E-state index is 5.96. The minimum Gasteiger partial charge on any atom is -0.238 e. The highest BCUT2D eigenvalue weighted by Gasteiger charge is 2.05. The number of hydrogen-bond donors (Lipinski definition) is 0. The second-order valence-corrected chi connectivity index (χ2v) is 3.35. The lowest BCUT2D eigenvalue weighted by molar-refractivity contribution is 0.880. The minimum absolute atomic E-state index is 0.521. The maximum Gasteiger partial charge on any atom is 0.155 e. The smallest absolute Gasteiger partial charge is 0.155 e. The molecule has 0 aliphatic heterocycles. The van der Waals surface area contributed by atoms with Crippen molar-refractivity contribution in [3.05, 3.63) is 28.8 Å². The average Bonchev–Trinajstić information content (AvgIpc) is 2.47. The maximum atomic E-state index is 5.96. The third-order valence-electron chi connectivity index (χ3n) is 1.94. The number of nitrogens with zero attached hydrogens (tertiary/aromatic N) is 3. The third kappa shape index (κ3) is 1.40. The topological polar surface area (TPSA) is 30.2 Å². The highest BCUT2D eigenvalue weighted by molar-refractivity contribution is 6.32. The Morgan fingerprint density at radius 2 is 2.31 bits per heavy atom. The molecule has 0 amide bonds. The Morgan fingerprint density at radius 3 is 3.00 bits per heavy atom. The van der Waals surface area contributed by atoms with Gasteiger partial charge in [0.1, 0.15) is 5.52 Å². The first-order valence-corrected chi connectivity index (χ1v) is 4.60. The van der Waals surface area contributed by atoms with Crippen molar-refractivity contribution in [2.24, 2.45) is 0 Å². The summed E-state index contributed by atoms with van der Waals surface area (Å²) in [5.41, 5.74) is 2.79. The summed E-state index contributed by atoms with van der Waals surface area (Å²) < 4.78 is 1.78. The Balaban J connectivity index is 2.75. The molecule has 3 nitrogen and oxygen atoms in total. The van der Waals surface area contributed by atoms with Gasteiger partial charge in [0, 0.05) is 0 Å². The molecule has 0 radical (unpaired) electrons. The fourth-order valence-corrected chi connectivity index (χ4v) is 1.56. The number of hydrogen-bond acceptors (Lipinski definition) is 2. The summed E-state index contributed by atoms with van der Waals surface area (Å²) in [5, 5.41) is 4.87. The fraction of sp³-hybridized carbons (Fsp3) is 0.333. The Kier molecular flexibility index (Phi) is 1.96. The van der Waals surface area contributed by atoms with Crippen molar-refractivity contribution in [2.75, 3.05) is 0 Å². The van der Waals surface area contributed by atoms with E-state index in [4.69, 9.17) is 11.6 Å². The predicted octanol–water partition coefficient (Wildman–Crippen LogP) is 2.25. The van der Waals surface area contributed by atoms with Crippen LogP contribution in [0.25, 0.3) is 5.52 Å². The van der Waals surface area contributed by atoms with Gasteiger partial charge in [-0.3, -0.25) is 0 Å². The van der Waals surface area contributed by atoms with Gasteiger partial charge in [-0.05, 0) is 19.4 Å². The molecule has 2 heterocycles. The van der Waals surface area contributed by atoms with Crippen LogP contribution in [-0.2, 0) is 6.42 Å². The second-order valence-electron chi connectivity index (χ2n) is 2.99. The summed E-state index contributed by atoms with van der Waals surface area (Å²) in [6.07, 6.45) is 2.79. The molecule has 0 aliphatic carbocycles. The first-order chi connectivity index (χ1) is 6.20. The first-order valence-electron chi connectivity index (χ1n) is 4.22. The van der Waals surface area contributed by atoms with Crippen LogP contribution in [0.3, 0.4) is 0 Å². The number of halogens is 1. The van der Waals surface area contributed by atoms with E-state index in [0.717, 1.165) is 23.3 Å².